The van der Waals surface area contributed by atoms with Crippen LogP contribution in [0.3, 0.4) is 0 Å². The lowest BCUT2D eigenvalue weighted by Crippen LogP contribution is -2.04. The molecule has 234 valence electrons. The molecule has 1 nitrogen and oxygen atoms in total. The molecule has 3 aromatic rings. The highest BCUT2D eigenvalue weighted by atomic mass is 14.7. The number of rotatable bonds is 12. The van der Waals surface area contributed by atoms with E-state index in [-0.39, 0.29) is 0 Å². The Bertz CT molecular complexity index is 1780. The van der Waals surface area contributed by atoms with Crippen molar-refractivity contribution in [2.75, 3.05) is 0 Å². The van der Waals surface area contributed by atoms with Crippen LogP contribution in [0, 0.1) is 5.92 Å². The summed E-state index contributed by atoms with van der Waals surface area (Å²) in [6.07, 6.45) is 33.2. The fourth-order valence-electron chi connectivity index (χ4n) is 6.72. The maximum absolute atomic E-state index is 4.98. The number of allylic oxidation sites excluding steroid dienone is 16. The molecule has 2 aromatic carbocycles. The number of pyridine rings is 1. The Morgan fingerprint density at radius 1 is 0.978 bits per heavy atom. The average molecular weight is 604 g/mol. The smallest absolute Gasteiger partial charge is 0.0708 e. The van der Waals surface area contributed by atoms with E-state index in [2.05, 4.69) is 143 Å². The van der Waals surface area contributed by atoms with Crippen molar-refractivity contribution in [2.45, 2.75) is 72.1 Å². The van der Waals surface area contributed by atoms with Crippen molar-refractivity contribution in [3.63, 3.8) is 0 Å². The van der Waals surface area contributed by atoms with Gasteiger partial charge >= 0.3 is 0 Å². The highest BCUT2D eigenvalue weighted by molar-refractivity contribution is 6.05. The van der Waals surface area contributed by atoms with Crippen LogP contribution in [0.25, 0.3) is 33.2 Å². The summed E-state index contributed by atoms with van der Waals surface area (Å²) in [6.45, 7) is 15.3. The standard InChI is InChI=1S/C45H49N/c1-6-9-11-21-35(18-7-2)31-34(5)38(19-8-3)45(39-24-15-14-20-33(39)4)43-28-17-25-40-41(43)26-16-27-42(40)44-30-29-37(32-46-44)36-22-12-10-13-23-36/h7-8,11-12,15-17,19,21-30,32,35H,2,4,6,9-10,13-14,18,20,31H2,1,3,5H3/b19-8-,21-11-,38-34-,45-39+. The zero-order chi connectivity index (χ0) is 32.3. The molecular formula is C45H49N. The summed E-state index contributed by atoms with van der Waals surface area (Å²) in [4.78, 5) is 4.98. The van der Waals surface area contributed by atoms with E-state index in [1.54, 1.807) is 0 Å². The van der Waals surface area contributed by atoms with Crippen molar-refractivity contribution in [2.24, 2.45) is 5.92 Å². The molecule has 2 aliphatic carbocycles. The molecule has 1 heteroatoms. The lowest BCUT2D eigenvalue weighted by Gasteiger charge is -2.23. The Balaban J connectivity index is 1.67. The Morgan fingerprint density at radius 2 is 1.80 bits per heavy atom. The van der Waals surface area contributed by atoms with Gasteiger partial charge < -0.3 is 0 Å². The predicted molar refractivity (Wildman–Crippen MR) is 202 cm³/mol. The van der Waals surface area contributed by atoms with Crippen LogP contribution in [0.5, 0.6) is 0 Å². The highest BCUT2D eigenvalue weighted by Gasteiger charge is 2.21. The first-order valence-corrected chi connectivity index (χ1v) is 17.1. The summed E-state index contributed by atoms with van der Waals surface area (Å²) in [5, 5.41) is 2.45. The molecule has 0 amide bonds. The molecule has 1 heterocycles. The number of unbranched alkanes of at least 4 members (excludes halogenated alkanes) is 1. The van der Waals surface area contributed by atoms with Crippen molar-refractivity contribution in [1.29, 1.82) is 0 Å². The van der Waals surface area contributed by atoms with E-state index < -0.39 is 0 Å². The van der Waals surface area contributed by atoms with Crippen LogP contribution >= 0.6 is 0 Å². The van der Waals surface area contributed by atoms with Crippen LogP contribution < -0.4 is 0 Å². The maximum atomic E-state index is 4.98. The minimum atomic E-state index is 0.425. The summed E-state index contributed by atoms with van der Waals surface area (Å²) in [7, 11) is 0. The second-order valence-electron chi connectivity index (χ2n) is 12.5. The first kappa shape index (κ1) is 32.9. The fourth-order valence-corrected chi connectivity index (χ4v) is 6.72. The molecule has 1 aromatic heterocycles. The Hall–Kier alpha value is -4.49. The van der Waals surface area contributed by atoms with E-state index in [0.717, 1.165) is 56.2 Å². The van der Waals surface area contributed by atoms with E-state index in [1.807, 2.05) is 6.20 Å². The molecule has 0 radical (unpaired) electrons. The van der Waals surface area contributed by atoms with Gasteiger partial charge in [0.2, 0.25) is 0 Å². The van der Waals surface area contributed by atoms with E-state index in [9.17, 15) is 0 Å². The van der Waals surface area contributed by atoms with Gasteiger partial charge in [-0.25, -0.2) is 0 Å². The van der Waals surface area contributed by atoms with Gasteiger partial charge in [0.25, 0.3) is 0 Å². The summed E-state index contributed by atoms with van der Waals surface area (Å²) >= 11 is 0. The third-order valence-corrected chi connectivity index (χ3v) is 9.07. The van der Waals surface area contributed by atoms with Gasteiger partial charge in [-0.05, 0) is 121 Å². The van der Waals surface area contributed by atoms with E-state index >= 15 is 0 Å². The van der Waals surface area contributed by atoms with Gasteiger partial charge in [-0.2, -0.15) is 0 Å². The summed E-state index contributed by atoms with van der Waals surface area (Å²) < 4.78 is 0. The lowest BCUT2D eigenvalue weighted by molar-refractivity contribution is 0.650. The van der Waals surface area contributed by atoms with Gasteiger partial charge in [-0.15, -0.1) is 6.58 Å². The van der Waals surface area contributed by atoms with Gasteiger partial charge in [0.15, 0.2) is 0 Å². The summed E-state index contributed by atoms with van der Waals surface area (Å²) in [5.41, 5.74) is 12.2. The van der Waals surface area contributed by atoms with Crippen LogP contribution in [0.1, 0.15) is 83.3 Å². The highest BCUT2D eigenvalue weighted by Crippen LogP contribution is 2.42. The fraction of sp³-hybridized carbons (Fsp3) is 0.267. The van der Waals surface area contributed by atoms with Gasteiger partial charge in [-0.3, -0.25) is 4.98 Å². The van der Waals surface area contributed by atoms with E-state index in [1.165, 1.54) is 61.8 Å². The van der Waals surface area contributed by atoms with Crippen LogP contribution in [0.2, 0.25) is 0 Å². The van der Waals surface area contributed by atoms with Crippen molar-refractivity contribution in [1.82, 2.24) is 4.98 Å². The first-order valence-electron chi connectivity index (χ1n) is 17.1. The summed E-state index contributed by atoms with van der Waals surface area (Å²) in [6, 6.07) is 17.8. The minimum Gasteiger partial charge on any atom is -0.256 e. The van der Waals surface area contributed by atoms with Crippen molar-refractivity contribution in [3.05, 3.63) is 162 Å². The monoisotopic (exact) mass is 603 g/mol. The number of aromatic nitrogens is 1. The van der Waals surface area contributed by atoms with Crippen LogP contribution in [-0.4, -0.2) is 4.98 Å². The van der Waals surface area contributed by atoms with Crippen LogP contribution in [0.15, 0.2) is 151 Å². The predicted octanol–water partition coefficient (Wildman–Crippen LogP) is 13.1. The summed E-state index contributed by atoms with van der Waals surface area (Å²) in [5.74, 6) is 0.425. The molecule has 0 bridgehead atoms. The molecule has 2 aliphatic rings. The zero-order valence-corrected chi connectivity index (χ0v) is 28.1. The lowest BCUT2D eigenvalue weighted by atomic mass is 9.80. The first-order chi connectivity index (χ1) is 22.5. The average Bonchev–Trinajstić information content (AvgIpc) is 3.09. The number of fused-ring (bicyclic) bond motifs is 1. The largest absolute Gasteiger partial charge is 0.256 e. The zero-order valence-electron chi connectivity index (χ0n) is 28.1. The Kier molecular flexibility index (Phi) is 11.6. The second-order valence-corrected chi connectivity index (χ2v) is 12.5. The molecule has 0 saturated heterocycles. The molecule has 0 aliphatic heterocycles. The molecule has 0 fully saturated rings. The molecule has 46 heavy (non-hydrogen) atoms. The normalized spacial score (nSPS) is 17.5. The van der Waals surface area contributed by atoms with Crippen molar-refractivity contribution >= 4 is 21.9 Å². The van der Waals surface area contributed by atoms with Crippen molar-refractivity contribution < 1.29 is 0 Å². The molecule has 0 saturated carbocycles. The quantitative estimate of drug-likeness (QED) is 0.148. The number of hydrogen-bond donors (Lipinski definition) is 0. The molecule has 5 rings (SSSR count). The van der Waals surface area contributed by atoms with E-state index in [0.29, 0.717) is 5.92 Å². The maximum Gasteiger partial charge on any atom is 0.0708 e. The molecule has 1 atom stereocenters. The number of hydrogen-bond acceptors (Lipinski definition) is 1. The molecular weight excluding hydrogens is 555 g/mol. The minimum absolute atomic E-state index is 0.425. The topological polar surface area (TPSA) is 12.9 Å². The van der Waals surface area contributed by atoms with Crippen LogP contribution in [0.4, 0.5) is 0 Å². The Labute approximate surface area is 277 Å². The second kappa shape index (κ2) is 16.2. The third-order valence-electron chi connectivity index (χ3n) is 9.07. The van der Waals surface area contributed by atoms with E-state index in [4.69, 9.17) is 4.98 Å². The van der Waals surface area contributed by atoms with Gasteiger partial charge in [0.1, 0.15) is 0 Å². The van der Waals surface area contributed by atoms with Gasteiger partial charge in [0, 0.05) is 11.8 Å². The molecule has 0 spiro atoms. The van der Waals surface area contributed by atoms with Gasteiger partial charge in [-0.1, -0.05) is 129 Å². The molecule has 1 unspecified atom stereocenters. The van der Waals surface area contributed by atoms with Gasteiger partial charge in [0.05, 0.1) is 5.69 Å². The SMILES string of the molecule is C=CCC(/C=C\CCC)C/C(C)=C(/C=C\C)C(=C1\C=CCCC1=C)\c1cccc2c(-c3ccc(C4=CCCC=C4)cn3)cccc12. The molecule has 0 N–H and O–H groups in total. The number of nitrogens with zero attached hydrogens (tertiary/aromatic N) is 1. The number of benzene rings is 2. The Morgan fingerprint density at radius 3 is 2.52 bits per heavy atom. The third kappa shape index (κ3) is 7.65. The van der Waals surface area contributed by atoms with Crippen molar-refractivity contribution in [3.8, 4) is 11.3 Å². The van der Waals surface area contributed by atoms with Crippen LogP contribution in [-0.2, 0) is 0 Å².